The van der Waals surface area contributed by atoms with Gasteiger partial charge < -0.3 is 24.2 Å². The van der Waals surface area contributed by atoms with Gasteiger partial charge in [0.05, 0.1) is 26.4 Å². The van der Waals surface area contributed by atoms with Crippen molar-refractivity contribution in [2.45, 2.75) is 76.5 Å². The molecule has 2 aliphatic carbocycles. The molecule has 0 bridgehead atoms. The van der Waals surface area contributed by atoms with Crippen LogP contribution in [0.2, 0.25) is 0 Å². The fourth-order valence-corrected chi connectivity index (χ4v) is 7.68. The summed E-state index contributed by atoms with van der Waals surface area (Å²) >= 11 is 3.52. The van der Waals surface area contributed by atoms with Crippen molar-refractivity contribution in [1.29, 1.82) is 0 Å². The molecule has 4 unspecified atom stereocenters. The minimum absolute atomic E-state index is 0.0775. The van der Waals surface area contributed by atoms with Gasteiger partial charge in [0.15, 0.2) is 11.5 Å². The molecule has 5 nitrogen and oxygen atoms in total. The van der Waals surface area contributed by atoms with Crippen molar-refractivity contribution in [2.24, 2.45) is 17.8 Å². The molecule has 38 heavy (non-hydrogen) atoms. The lowest BCUT2D eigenvalue weighted by molar-refractivity contribution is -0.0989. The van der Waals surface area contributed by atoms with Crippen LogP contribution >= 0.6 is 15.9 Å². The van der Waals surface area contributed by atoms with E-state index in [4.69, 9.17) is 14.2 Å². The van der Waals surface area contributed by atoms with E-state index in [1.54, 1.807) is 7.11 Å². The highest BCUT2D eigenvalue weighted by Crippen LogP contribution is 2.57. The number of nitrogens with zero attached hydrogens (tertiary/aromatic N) is 1. The number of hydrogen-bond donors (Lipinski definition) is 1. The van der Waals surface area contributed by atoms with Gasteiger partial charge in [0.1, 0.15) is 0 Å². The van der Waals surface area contributed by atoms with Crippen LogP contribution in [0.4, 0.5) is 0 Å². The molecular formula is C32H44BrNO4. The number of rotatable bonds is 10. The van der Waals surface area contributed by atoms with Crippen LogP contribution in [-0.2, 0) is 27.9 Å². The SMILES string of the molecule is CCc1ccc(OC)c(O)c1C12CCN(CC3CC3)C(C)C1C[C@H](COCc1ccc(Br)cc1)C(OC)C2. The molecular weight excluding hydrogens is 542 g/mol. The van der Waals surface area contributed by atoms with Crippen LogP contribution in [0.25, 0.3) is 0 Å². The Labute approximate surface area is 237 Å². The van der Waals surface area contributed by atoms with Crippen molar-refractivity contribution in [1.82, 2.24) is 4.90 Å². The van der Waals surface area contributed by atoms with Gasteiger partial charge >= 0.3 is 0 Å². The Bertz CT molecular complexity index is 1090. The summed E-state index contributed by atoms with van der Waals surface area (Å²) in [6.45, 7) is 8.18. The van der Waals surface area contributed by atoms with E-state index in [0.717, 1.165) is 48.2 Å². The van der Waals surface area contributed by atoms with Crippen molar-refractivity contribution in [3.05, 3.63) is 57.6 Å². The zero-order valence-electron chi connectivity index (χ0n) is 23.4. The summed E-state index contributed by atoms with van der Waals surface area (Å²) in [7, 11) is 3.50. The number of piperidine rings is 1. The second kappa shape index (κ2) is 11.9. The maximum absolute atomic E-state index is 11.6. The molecule has 3 aliphatic rings. The number of halogens is 1. The van der Waals surface area contributed by atoms with Gasteiger partial charge in [0.2, 0.25) is 0 Å². The highest BCUT2D eigenvalue weighted by Gasteiger charge is 2.55. The molecule has 3 fully saturated rings. The maximum atomic E-state index is 11.6. The van der Waals surface area contributed by atoms with E-state index in [0.29, 0.717) is 42.6 Å². The third-order valence-electron chi connectivity index (χ3n) is 9.69. The molecule has 5 atom stereocenters. The summed E-state index contributed by atoms with van der Waals surface area (Å²) in [5.74, 6) is 2.49. The minimum atomic E-state index is -0.147. The number of phenolic OH excluding ortho intramolecular Hbond substituents is 1. The molecule has 0 aromatic heterocycles. The van der Waals surface area contributed by atoms with Crippen LogP contribution in [0.5, 0.6) is 11.5 Å². The quantitative estimate of drug-likeness (QED) is 0.335. The Morgan fingerprint density at radius 3 is 2.53 bits per heavy atom. The van der Waals surface area contributed by atoms with Gasteiger partial charge in [-0.2, -0.15) is 0 Å². The van der Waals surface area contributed by atoms with Gasteiger partial charge in [-0.1, -0.05) is 41.1 Å². The molecule has 2 saturated carbocycles. The topological polar surface area (TPSA) is 51.2 Å². The monoisotopic (exact) mass is 585 g/mol. The van der Waals surface area contributed by atoms with Gasteiger partial charge in [-0.15, -0.1) is 0 Å². The number of benzene rings is 2. The molecule has 208 valence electrons. The molecule has 1 heterocycles. The number of aryl methyl sites for hydroxylation is 1. The average molecular weight is 587 g/mol. The number of ether oxygens (including phenoxy) is 3. The van der Waals surface area contributed by atoms with Crippen LogP contribution in [-0.4, -0.2) is 56.1 Å². The van der Waals surface area contributed by atoms with Crippen LogP contribution in [0, 0.1) is 17.8 Å². The summed E-state index contributed by atoms with van der Waals surface area (Å²) in [6, 6.07) is 12.9. The lowest BCUT2D eigenvalue weighted by Gasteiger charge is -2.58. The van der Waals surface area contributed by atoms with E-state index in [1.807, 2.05) is 13.2 Å². The van der Waals surface area contributed by atoms with Crippen LogP contribution in [0.3, 0.4) is 0 Å². The summed E-state index contributed by atoms with van der Waals surface area (Å²) in [5.41, 5.74) is 3.38. The molecule has 0 spiro atoms. The molecule has 5 rings (SSSR count). The number of methoxy groups -OCH3 is 2. The number of hydrogen-bond acceptors (Lipinski definition) is 5. The molecule has 6 heteroatoms. The molecule has 1 N–H and O–H groups in total. The zero-order chi connectivity index (χ0) is 26.9. The summed E-state index contributed by atoms with van der Waals surface area (Å²) < 4.78 is 19.2. The van der Waals surface area contributed by atoms with Crippen LogP contribution in [0.15, 0.2) is 40.9 Å². The number of fused-ring (bicyclic) bond motifs is 1. The second-order valence-electron chi connectivity index (χ2n) is 11.8. The van der Waals surface area contributed by atoms with E-state index in [9.17, 15) is 5.11 Å². The van der Waals surface area contributed by atoms with E-state index >= 15 is 0 Å². The van der Waals surface area contributed by atoms with Gasteiger partial charge in [0, 0.05) is 41.1 Å². The van der Waals surface area contributed by atoms with E-state index in [2.05, 4.69) is 65.0 Å². The van der Waals surface area contributed by atoms with E-state index in [-0.39, 0.29) is 11.5 Å². The Balaban J connectivity index is 1.45. The lowest BCUT2D eigenvalue weighted by Crippen LogP contribution is -2.60. The maximum Gasteiger partial charge on any atom is 0.161 e. The first-order valence-corrected chi connectivity index (χ1v) is 15.2. The smallest absolute Gasteiger partial charge is 0.161 e. The Morgan fingerprint density at radius 1 is 1.11 bits per heavy atom. The summed E-state index contributed by atoms with van der Waals surface area (Å²) in [5, 5.41) is 11.6. The normalized spacial score (nSPS) is 29.7. The summed E-state index contributed by atoms with van der Waals surface area (Å²) in [6.07, 6.45) is 6.67. The molecule has 2 aromatic carbocycles. The van der Waals surface area contributed by atoms with Crippen molar-refractivity contribution < 1.29 is 19.3 Å². The van der Waals surface area contributed by atoms with Gasteiger partial charge in [-0.05, 0) is 93.2 Å². The lowest BCUT2D eigenvalue weighted by atomic mass is 9.53. The van der Waals surface area contributed by atoms with Gasteiger partial charge in [-0.3, -0.25) is 0 Å². The van der Waals surface area contributed by atoms with E-state index < -0.39 is 0 Å². The standard InChI is InChI=1S/C32H44BrNO4/c1-5-24-10-13-28(36-3)31(35)30(24)32-14-15-34(18-22-6-7-22)21(2)27(32)16-25(29(17-32)37-4)20-38-19-23-8-11-26(33)12-9-23/h8-13,21-22,25,27,29,35H,5-7,14-20H2,1-4H3/t21?,25-,27?,29?,32?/m1/s1. The predicted molar refractivity (Wildman–Crippen MR) is 155 cm³/mol. The average Bonchev–Trinajstić information content (AvgIpc) is 3.75. The highest BCUT2D eigenvalue weighted by molar-refractivity contribution is 9.10. The Kier molecular flexibility index (Phi) is 8.73. The zero-order valence-corrected chi connectivity index (χ0v) is 25.0. The molecule has 2 aromatic rings. The van der Waals surface area contributed by atoms with Crippen LogP contribution < -0.4 is 4.74 Å². The second-order valence-corrected chi connectivity index (χ2v) is 12.7. The minimum Gasteiger partial charge on any atom is -0.504 e. The fourth-order valence-electron chi connectivity index (χ4n) is 7.42. The molecule has 0 radical (unpaired) electrons. The Morgan fingerprint density at radius 2 is 1.87 bits per heavy atom. The van der Waals surface area contributed by atoms with E-state index in [1.165, 1.54) is 30.5 Å². The molecule has 1 saturated heterocycles. The Hall–Kier alpha value is -1.60. The van der Waals surface area contributed by atoms with Crippen molar-refractivity contribution >= 4 is 15.9 Å². The summed E-state index contributed by atoms with van der Waals surface area (Å²) in [4.78, 5) is 2.73. The third-order valence-corrected chi connectivity index (χ3v) is 10.2. The first-order valence-electron chi connectivity index (χ1n) is 14.4. The first kappa shape index (κ1) is 27.9. The van der Waals surface area contributed by atoms with Gasteiger partial charge in [-0.25, -0.2) is 0 Å². The van der Waals surface area contributed by atoms with Crippen molar-refractivity contribution in [3.63, 3.8) is 0 Å². The predicted octanol–water partition coefficient (Wildman–Crippen LogP) is 6.73. The number of phenols is 1. The molecule has 0 amide bonds. The number of aromatic hydroxyl groups is 1. The fraction of sp³-hybridized carbons (Fsp3) is 0.625. The van der Waals surface area contributed by atoms with Crippen LogP contribution in [0.1, 0.15) is 62.6 Å². The molecule has 1 aliphatic heterocycles. The van der Waals surface area contributed by atoms with Crippen molar-refractivity contribution in [3.8, 4) is 11.5 Å². The highest BCUT2D eigenvalue weighted by atomic mass is 79.9. The third kappa shape index (κ3) is 5.52. The number of likely N-dealkylation sites (tertiary alicyclic amines) is 1. The largest absolute Gasteiger partial charge is 0.504 e. The van der Waals surface area contributed by atoms with Gasteiger partial charge in [0.25, 0.3) is 0 Å². The van der Waals surface area contributed by atoms with Crippen molar-refractivity contribution in [2.75, 3.05) is 33.9 Å². The first-order chi connectivity index (χ1) is 18.4.